The number of benzene rings is 2. The maximum absolute atomic E-state index is 10.4. The minimum Gasteiger partial charge on any atom is -0.504 e. The molecule has 4 nitrogen and oxygen atoms in total. The summed E-state index contributed by atoms with van der Waals surface area (Å²) in [5.74, 6) is 0.796. The van der Waals surface area contributed by atoms with E-state index in [1.165, 1.54) is 0 Å². The smallest absolute Gasteiger partial charge is 0.165 e. The van der Waals surface area contributed by atoms with E-state index in [-0.39, 0.29) is 5.75 Å². The lowest BCUT2D eigenvalue weighted by atomic mass is 10.0. The number of likely N-dealkylation sites (N-methyl/N-ethyl adjacent to an activating group) is 1. The van der Waals surface area contributed by atoms with E-state index >= 15 is 0 Å². The normalized spacial score (nSPS) is 15.0. The van der Waals surface area contributed by atoms with Crippen molar-refractivity contribution < 1.29 is 9.84 Å². The molecule has 0 atom stereocenters. The van der Waals surface area contributed by atoms with Crippen LogP contribution in [0.25, 0.3) is 11.1 Å². The summed E-state index contributed by atoms with van der Waals surface area (Å²) in [6.07, 6.45) is 0. The molecule has 1 heterocycles. The van der Waals surface area contributed by atoms with Crippen LogP contribution in [0.1, 0.15) is 5.56 Å². The summed E-state index contributed by atoms with van der Waals surface area (Å²) in [5, 5.41) is 11.1. The van der Waals surface area contributed by atoms with Crippen molar-refractivity contribution in [1.29, 1.82) is 0 Å². The first-order valence-electron chi connectivity index (χ1n) is 8.14. The molecule has 1 N–H and O–H groups in total. The zero-order valence-electron chi connectivity index (χ0n) is 14.1. The molecule has 1 aliphatic heterocycles. The molecule has 0 spiro atoms. The maximum Gasteiger partial charge on any atom is 0.165 e. The van der Waals surface area contributed by atoms with Gasteiger partial charge in [0, 0.05) is 36.8 Å². The highest BCUT2D eigenvalue weighted by molar-refractivity contribution is 6.30. The van der Waals surface area contributed by atoms with E-state index in [0.717, 1.165) is 42.9 Å². The third-order valence-corrected chi connectivity index (χ3v) is 4.45. The highest BCUT2D eigenvalue weighted by atomic mass is 35.5. The van der Waals surface area contributed by atoms with Crippen LogP contribution in [0.4, 0.5) is 0 Å². The molecular weight excluding hydrogens is 324 g/mol. The molecule has 0 fully saturated rings. The lowest BCUT2D eigenvalue weighted by molar-refractivity contribution is 0.206. The predicted octanol–water partition coefficient (Wildman–Crippen LogP) is 3.47. The van der Waals surface area contributed by atoms with Gasteiger partial charge in [0.2, 0.25) is 0 Å². The fourth-order valence-electron chi connectivity index (χ4n) is 2.92. The predicted molar refractivity (Wildman–Crippen MR) is 97.9 cm³/mol. The molecule has 0 saturated heterocycles. The SMILES string of the molecule is CN(C)CCN1CCOc2c(O)cc(-c3cccc(Cl)c3)cc2C1. The largest absolute Gasteiger partial charge is 0.504 e. The van der Waals surface area contributed by atoms with Crippen molar-refractivity contribution in [3.05, 3.63) is 47.0 Å². The number of aromatic hydroxyl groups is 1. The van der Waals surface area contributed by atoms with Gasteiger partial charge in [0.15, 0.2) is 11.5 Å². The molecule has 0 unspecified atom stereocenters. The minimum atomic E-state index is 0.192. The number of fused-ring (bicyclic) bond motifs is 1. The van der Waals surface area contributed by atoms with Crippen LogP contribution < -0.4 is 4.74 Å². The first-order chi connectivity index (χ1) is 11.5. The molecule has 0 amide bonds. The number of hydrogen-bond acceptors (Lipinski definition) is 4. The Morgan fingerprint density at radius 2 is 2.04 bits per heavy atom. The van der Waals surface area contributed by atoms with E-state index < -0.39 is 0 Å². The van der Waals surface area contributed by atoms with Gasteiger partial charge in [0.05, 0.1) is 0 Å². The van der Waals surface area contributed by atoms with Gasteiger partial charge in [-0.3, -0.25) is 4.90 Å². The van der Waals surface area contributed by atoms with Crippen LogP contribution in [-0.2, 0) is 6.54 Å². The van der Waals surface area contributed by atoms with Gasteiger partial charge < -0.3 is 14.7 Å². The van der Waals surface area contributed by atoms with Crippen molar-refractivity contribution in [3.63, 3.8) is 0 Å². The summed E-state index contributed by atoms with van der Waals surface area (Å²) in [7, 11) is 4.15. The second-order valence-corrected chi connectivity index (χ2v) is 6.86. The van der Waals surface area contributed by atoms with Crippen molar-refractivity contribution in [1.82, 2.24) is 9.80 Å². The van der Waals surface area contributed by atoms with Crippen LogP contribution in [0.3, 0.4) is 0 Å². The first-order valence-corrected chi connectivity index (χ1v) is 8.52. The topological polar surface area (TPSA) is 35.9 Å². The third kappa shape index (κ3) is 4.01. The molecule has 2 aromatic carbocycles. The van der Waals surface area contributed by atoms with Crippen molar-refractivity contribution in [2.24, 2.45) is 0 Å². The Labute approximate surface area is 148 Å². The summed E-state index contributed by atoms with van der Waals surface area (Å²) in [6.45, 7) is 4.18. The molecule has 1 aliphatic rings. The Hall–Kier alpha value is -1.75. The molecule has 3 rings (SSSR count). The number of nitrogens with zero attached hydrogens (tertiary/aromatic N) is 2. The quantitative estimate of drug-likeness (QED) is 0.919. The summed E-state index contributed by atoms with van der Waals surface area (Å²) in [6, 6.07) is 11.5. The van der Waals surface area contributed by atoms with Crippen LogP contribution >= 0.6 is 11.6 Å². The highest BCUT2D eigenvalue weighted by Gasteiger charge is 2.19. The van der Waals surface area contributed by atoms with Gasteiger partial charge in [-0.1, -0.05) is 23.7 Å². The number of halogens is 1. The van der Waals surface area contributed by atoms with Gasteiger partial charge in [0.1, 0.15) is 6.61 Å². The highest BCUT2D eigenvalue weighted by Crippen LogP contribution is 2.38. The van der Waals surface area contributed by atoms with Gasteiger partial charge in [0.25, 0.3) is 0 Å². The molecule has 0 bridgehead atoms. The molecular formula is C19H23ClN2O2. The zero-order chi connectivity index (χ0) is 17.1. The summed E-state index contributed by atoms with van der Waals surface area (Å²) in [4.78, 5) is 4.53. The third-order valence-electron chi connectivity index (χ3n) is 4.22. The van der Waals surface area contributed by atoms with Crippen LogP contribution in [0.5, 0.6) is 11.5 Å². The molecule has 24 heavy (non-hydrogen) atoms. The number of hydrogen-bond donors (Lipinski definition) is 1. The molecule has 0 saturated carbocycles. The monoisotopic (exact) mass is 346 g/mol. The lowest BCUT2D eigenvalue weighted by Gasteiger charge is -2.21. The Morgan fingerprint density at radius 3 is 2.79 bits per heavy atom. The second kappa shape index (κ2) is 7.43. The lowest BCUT2D eigenvalue weighted by Crippen LogP contribution is -2.32. The van der Waals surface area contributed by atoms with Crippen molar-refractivity contribution in [2.45, 2.75) is 6.54 Å². The van der Waals surface area contributed by atoms with E-state index in [1.54, 1.807) is 6.07 Å². The molecule has 2 aromatic rings. The van der Waals surface area contributed by atoms with Crippen molar-refractivity contribution in [2.75, 3.05) is 40.3 Å². The van der Waals surface area contributed by atoms with Crippen molar-refractivity contribution >= 4 is 11.6 Å². The van der Waals surface area contributed by atoms with Gasteiger partial charge in [-0.05, 0) is 49.5 Å². The van der Waals surface area contributed by atoms with Crippen LogP contribution in [0.2, 0.25) is 5.02 Å². The Morgan fingerprint density at radius 1 is 1.21 bits per heavy atom. The summed E-state index contributed by atoms with van der Waals surface area (Å²) < 4.78 is 5.80. The van der Waals surface area contributed by atoms with Crippen LogP contribution in [-0.4, -0.2) is 55.2 Å². The number of phenols is 1. The average Bonchev–Trinajstić information content (AvgIpc) is 2.75. The average molecular weight is 347 g/mol. The fraction of sp³-hybridized carbons (Fsp3) is 0.368. The number of ether oxygens (including phenoxy) is 1. The van der Waals surface area contributed by atoms with E-state index in [1.807, 2.05) is 24.3 Å². The Balaban J connectivity index is 1.90. The molecule has 0 aromatic heterocycles. The fourth-order valence-corrected chi connectivity index (χ4v) is 3.11. The first kappa shape index (κ1) is 17.1. The van der Waals surface area contributed by atoms with E-state index in [4.69, 9.17) is 16.3 Å². The van der Waals surface area contributed by atoms with Gasteiger partial charge >= 0.3 is 0 Å². The summed E-state index contributed by atoms with van der Waals surface area (Å²) in [5.41, 5.74) is 2.96. The van der Waals surface area contributed by atoms with Gasteiger partial charge in [-0.15, -0.1) is 0 Å². The van der Waals surface area contributed by atoms with E-state index in [9.17, 15) is 5.11 Å². The Bertz CT molecular complexity index is 719. The molecule has 5 heteroatoms. The zero-order valence-corrected chi connectivity index (χ0v) is 14.9. The van der Waals surface area contributed by atoms with Crippen LogP contribution in [0.15, 0.2) is 36.4 Å². The van der Waals surface area contributed by atoms with Gasteiger partial charge in [-0.25, -0.2) is 0 Å². The maximum atomic E-state index is 10.4. The van der Waals surface area contributed by atoms with Crippen molar-refractivity contribution in [3.8, 4) is 22.6 Å². The minimum absolute atomic E-state index is 0.192. The van der Waals surface area contributed by atoms with E-state index in [2.05, 4.69) is 30.0 Å². The van der Waals surface area contributed by atoms with Crippen LogP contribution in [0, 0.1) is 0 Å². The second-order valence-electron chi connectivity index (χ2n) is 6.42. The standard InChI is InChI=1S/C19H23ClN2O2/c1-21(2)6-7-22-8-9-24-19-16(13-22)10-15(12-18(19)23)14-4-3-5-17(20)11-14/h3-5,10-12,23H,6-9,13H2,1-2H3. The van der Waals surface area contributed by atoms with E-state index in [0.29, 0.717) is 17.4 Å². The number of rotatable bonds is 4. The number of phenolic OH excluding ortho intramolecular Hbond substituents is 1. The van der Waals surface area contributed by atoms with Gasteiger partial charge in [-0.2, -0.15) is 0 Å². The molecule has 128 valence electrons. The Kier molecular flexibility index (Phi) is 5.29. The summed E-state index contributed by atoms with van der Waals surface area (Å²) >= 11 is 6.10. The molecule has 0 radical (unpaired) electrons. The molecule has 0 aliphatic carbocycles.